The Morgan fingerprint density at radius 2 is 2.25 bits per heavy atom. The number of carbonyl (C=O) groups is 1. The van der Waals surface area contributed by atoms with Crippen molar-refractivity contribution in [1.82, 2.24) is 0 Å². The van der Waals surface area contributed by atoms with Gasteiger partial charge in [-0.15, -0.1) is 0 Å². The summed E-state index contributed by atoms with van der Waals surface area (Å²) in [4.78, 5) is 15.6. The molecular weight excluding hydrogens is 208 g/mol. The molecule has 5 nitrogen and oxygen atoms in total. The normalized spacial score (nSPS) is 9.94. The minimum Gasteiger partial charge on any atom is -0.495 e. The molecule has 0 aliphatic rings. The van der Waals surface area contributed by atoms with Gasteiger partial charge in [0.1, 0.15) is 5.75 Å². The summed E-state index contributed by atoms with van der Waals surface area (Å²) in [5, 5.41) is 2.74. The van der Waals surface area contributed by atoms with Crippen molar-refractivity contribution in [3.63, 3.8) is 0 Å². The number of benzene rings is 1. The van der Waals surface area contributed by atoms with E-state index in [1.807, 2.05) is 12.1 Å². The van der Waals surface area contributed by atoms with Gasteiger partial charge in [-0.1, -0.05) is 12.1 Å². The van der Waals surface area contributed by atoms with Crippen LogP contribution in [0.4, 0.5) is 5.69 Å². The summed E-state index contributed by atoms with van der Waals surface area (Å²) < 4.78 is 5.18. The number of anilines is 1. The van der Waals surface area contributed by atoms with Gasteiger partial charge in [0.05, 0.1) is 19.4 Å². The van der Waals surface area contributed by atoms with Gasteiger partial charge in [0.15, 0.2) is 0 Å². The quantitative estimate of drug-likeness (QED) is 0.734. The van der Waals surface area contributed by atoms with E-state index in [-0.39, 0.29) is 5.91 Å². The van der Waals surface area contributed by atoms with Crippen molar-refractivity contribution < 1.29 is 14.4 Å². The molecule has 0 aliphatic carbocycles. The molecule has 0 saturated heterocycles. The predicted octanol–water partition coefficient (Wildman–Crippen LogP) is 1.09. The molecule has 0 aromatic heterocycles. The largest absolute Gasteiger partial charge is 0.495 e. The number of ether oxygens (including phenoxy) is 1. The molecule has 1 aromatic rings. The van der Waals surface area contributed by atoms with Gasteiger partial charge < -0.3 is 14.9 Å². The second-order valence-electron chi connectivity index (χ2n) is 3.30. The molecule has 0 radical (unpaired) electrons. The van der Waals surface area contributed by atoms with E-state index in [0.29, 0.717) is 24.5 Å². The number of nitrogens with two attached hydrogens (primary N) is 1. The number of amides is 1. The first-order valence-corrected chi connectivity index (χ1v) is 4.94. The standard InChI is InChI=1S/C11H16N2O3/c1-8(14)13-11-9(6-7-16-12)4-3-5-10(11)15-2/h3-5H,6-7,12H2,1-2H3,(H,13,14). The molecule has 1 rings (SSSR count). The summed E-state index contributed by atoms with van der Waals surface area (Å²) in [7, 11) is 1.56. The first-order valence-electron chi connectivity index (χ1n) is 4.94. The van der Waals surface area contributed by atoms with Crippen LogP contribution in [0.25, 0.3) is 0 Å². The van der Waals surface area contributed by atoms with E-state index in [1.165, 1.54) is 6.92 Å². The number of carbonyl (C=O) groups excluding carboxylic acids is 1. The maximum Gasteiger partial charge on any atom is 0.221 e. The van der Waals surface area contributed by atoms with Crippen LogP contribution in [0, 0.1) is 0 Å². The molecule has 16 heavy (non-hydrogen) atoms. The van der Waals surface area contributed by atoms with Gasteiger partial charge in [-0.05, 0) is 18.1 Å². The van der Waals surface area contributed by atoms with Gasteiger partial charge in [-0.3, -0.25) is 4.79 Å². The first-order chi connectivity index (χ1) is 7.69. The fourth-order valence-electron chi connectivity index (χ4n) is 1.44. The lowest BCUT2D eigenvalue weighted by Crippen LogP contribution is -2.11. The third-order valence-electron chi connectivity index (χ3n) is 2.12. The summed E-state index contributed by atoms with van der Waals surface area (Å²) in [5.74, 6) is 5.47. The maximum absolute atomic E-state index is 11.1. The van der Waals surface area contributed by atoms with Crippen molar-refractivity contribution in [2.75, 3.05) is 19.0 Å². The Balaban J connectivity index is 2.99. The highest BCUT2D eigenvalue weighted by molar-refractivity contribution is 5.91. The van der Waals surface area contributed by atoms with E-state index in [4.69, 9.17) is 10.6 Å². The monoisotopic (exact) mass is 224 g/mol. The van der Waals surface area contributed by atoms with E-state index in [0.717, 1.165) is 5.56 Å². The number of hydrogen-bond acceptors (Lipinski definition) is 4. The van der Waals surface area contributed by atoms with Crippen LogP contribution in [0.3, 0.4) is 0 Å². The van der Waals surface area contributed by atoms with Gasteiger partial charge in [-0.25, -0.2) is 5.90 Å². The molecule has 0 saturated carbocycles. The maximum atomic E-state index is 11.1. The number of para-hydroxylation sites is 1. The Kier molecular flexibility index (Phi) is 4.75. The zero-order chi connectivity index (χ0) is 12.0. The average Bonchev–Trinajstić information content (AvgIpc) is 2.27. The van der Waals surface area contributed by atoms with Gasteiger partial charge in [-0.2, -0.15) is 0 Å². The number of nitrogens with one attached hydrogen (secondary N) is 1. The fourth-order valence-corrected chi connectivity index (χ4v) is 1.44. The van der Waals surface area contributed by atoms with Crippen LogP contribution in [0.2, 0.25) is 0 Å². The summed E-state index contributed by atoms with van der Waals surface area (Å²) in [6, 6.07) is 5.54. The van der Waals surface area contributed by atoms with E-state index in [1.54, 1.807) is 13.2 Å². The second-order valence-corrected chi connectivity index (χ2v) is 3.30. The van der Waals surface area contributed by atoms with Crippen molar-refractivity contribution in [3.05, 3.63) is 23.8 Å². The van der Waals surface area contributed by atoms with Crippen LogP contribution < -0.4 is 16.0 Å². The highest BCUT2D eigenvalue weighted by Crippen LogP contribution is 2.28. The number of methoxy groups -OCH3 is 1. The molecule has 0 bridgehead atoms. The van der Waals surface area contributed by atoms with Crippen LogP contribution in [-0.4, -0.2) is 19.6 Å². The van der Waals surface area contributed by atoms with E-state index in [9.17, 15) is 4.79 Å². The van der Waals surface area contributed by atoms with E-state index >= 15 is 0 Å². The molecule has 0 fully saturated rings. The molecule has 3 N–H and O–H groups in total. The van der Waals surface area contributed by atoms with Crippen LogP contribution in [0.5, 0.6) is 5.75 Å². The van der Waals surface area contributed by atoms with Crippen molar-refractivity contribution in [2.45, 2.75) is 13.3 Å². The van der Waals surface area contributed by atoms with Crippen molar-refractivity contribution in [2.24, 2.45) is 5.90 Å². The molecule has 1 amide bonds. The second kappa shape index (κ2) is 6.09. The van der Waals surface area contributed by atoms with Crippen molar-refractivity contribution in [1.29, 1.82) is 0 Å². The SMILES string of the molecule is COc1cccc(CCON)c1NC(C)=O. The lowest BCUT2D eigenvalue weighted by Gasteiger charge is -2.13. The molecule has 0 heterocycles. The van der Waals surface area contributed by atoms with Crippen LogP contribution in [0.1, 0.15) is 12.5 Å². The number of rotatable bonds is 5. The Bertz CT molecular complexity index is 366. The molecule has 88 valence electrons. The third-order valence-corrected chi connectivity index (χ3v) is 2.12. The van der Waals surface area contributed by atoms with Crippen LogP contribution in [-0.2, 0) is 16.1 Å². The summed E-state index contributed by atoms with van der Waals surface area (Å²) in [5.41, 5.74) is 1.61. The molecule has 0 unspecified atom stereocenters. The van der Waals surface area contributed by atoms with Gasteiger partial charge in [0.2, 0.25) is 5.91 Å². The molecule has 1 aromatic carbocycles. The summed E-state index contributed by atoms with van der Waals surface area (Å²) in [6.07, 6.45) is 0.614. The first kappa shape index (κ1) is 12.5. The minimum atomic E-state index is -0.139. The predicted molar refractivity (Wildman–Crippen MR) is 61.1 cm³/mol. The minimum absolute atomic E-state index is 0.139. The Morgan fingerprint density at radius 3 is 2.81 bits per heavy atom. The topological polar surface area (TPSA) is 73.6 Å². The molecule has 0 aliphatic heterocycles. The van der Waals surface area contributed by atoms with Crippen molar-refractivity contribution in [3.8, 4) is 5.75 Å². The molecule has 0 atom stereocenters. The lowest BCUT2D eigenvalue weighted by molar-refractivity contribution is -0.114. The molecule has 5 heteroatoms. The smallest absolute Gasteiger partial charge is 0.221 e. The number of hydrogen-bond donors (Lipinski definition) is 2. The highest BCUT2D eigenvalue weighted by atomic mass is 16.6. The average molecular weight is 224 g/mol. The van der Waals surface area contributed by atoms with E-state index < -0.39 is 0 Å². The zero-order valence-corrected chi connectivity index (χ0v) is 9.45. The fraction of sp³-hybridized carbons (Fsp3) is 0.364. The van der Waals surface area contributed by atoms with Crippen molar-refractivity contribution >= 4 is 11.6 Å². The van der Waals surface area contributed by atoms with Gasteiger partial charge >= 0.3 is 0 Å². The summed E-state index contributed by atoms with van der Waals surface area (Å²) >= 11 is 0. The molecular formula is C11H16N2O3. The summed E-state index contributed by atoms with van der Waals surface area (Å²) in [6.45, 7) is 1.84. The molecule has 0 spiro atoms. The van der Waals surface area contributed by atoms with Crippen LogP contribution in [0.15, 0.2) is 18.2 Å². The third kappa shape index (κ3) is 3.22. The van der Waals surface area contributed by atoms with Crippen LogP contribution >= 0.6 is 0 Å². The Labute approximate surface area is 94.5 Å². The van der Waals surface area contributed by atoms with Gasteiger partial charge in [0.25, 0.3) is 0 Å². The Hall–Kier alpha value is -1.59. The van der Waals surface area contributed by atoms with Gasteiger partial charge in [0, 0.05) is 6.92 Å². The Morgan fingerprint density at radius 1 is 1.50 bits per heavy atom. The highest BCUT2D eigenvalue weighted by Gasteiger charge is 2.09. The van der Waals surface area contributed by atoms with E-state index in [2.05, 4.69) is 10.2 Å². The zero-order valence-electron chi connectivity index (χ0n) is 9.45. The lowest BCUT2D eigenvalue weighted by atomic mass is 10.1.